The van der Waals surface area contributed by atoms with Crippen LogP contribution >= 0.6 is 0 Å². The molecule has 2 aliphatic heterocycles. The van der Waals surface area contributed by atoms with E-state index < -0.39 is 15.1 Å². The molecule has 5 rings (SSSR count). The van der Waals surface area contributed by atoms with Crippen LogP contribution in [0.4, 0.5) is 10.3 Å². The fourth-order valence-electron chi connectivity index (χ4n) is 4.27. The Kier molecular flexibility index (Phi) is 4.35. The van der Waals surface area contributed by atoms with Crippen molar-refractivity contribution in [1.29, 1.82) is 0 Å². The Balaban J connectivity index is 1.39. The summed E-state index contributed by atoms with van der Waals surface area (Å²) in [5.74, 6) is 0.916. The number of likely N-dealkylation sites (tertiary alicyclic amines) is 1. The van der Waals surface area contributed by atoms with Gasteiger partial charge in [0.25, 0.3) is 0 Å². The molecule has 148 valence electrons. The van der Waals surface area contributed by atoms with Gasteiger partial charge in [0.15, 0.2) is 9.84 Å². The Bertz CT molecular complexity index is 992. The topological polar surface area (TPSA) is 75.2 Å². The number of nitrogens with zero attached hydrogens (tertiary/aromatic N) is 3. The minimum atomic E-state index is -3.24. The van der Waals surface area contributed by atoms with Gasteiger partial charge in [-0.2, -0.15) is 0 Å². The highest BCUT2D eigenvalue weighted by atomic mass is 32.2. The smallest absolute Gasteiger partial charge is 0.222 e. The Labute approximate surface area is 164 Å². The molecule has 1 saturated carbocycles. The summed E-state index contributed by atoms with van der Waals surface area (Å²) in [6, 6.07) is 6.38. The maximum atomic E-state index is 13.2. The molecular formula is C20H23FN4O2S. The number of hydrogen-bond donors (Lipinski definition) is 1. The molecule has 1 aromatic carbocycles. The van der Waals surface area contributed by atoms with E-state index >= 15 is 0 Å². The van der Waals surface area contributed by atoms with Gasteiger partial charge < -0.3 is 5.32 Å². The van der Waals surface area contributed by atoms with Crippen LogP contribution in [0.15, 0.2) is 30.5 Å². The van der Waals surface area contributed by atoms with E-state index in [0.29, 0.717) is 31.5 Å². The lowest BCUT2D eigenvalue weighted by atomic mass is 10.00. The van der Waals surface area contributed by atoms with Crippen LogP contribution in [-0.2, 0) is 22.1 Å². The Morgan fingerprint density at radius 3 is 2.71 bits per heavy atom. The van der Waals surface area contributed by atoms with Gasteiger partial charge >= 0.3 is 0 Å². The first-order chi connectivity index (χ1) is 13.5. The monoisotopic (exact) mass is 402 g/mol. The molecule has 6 nitrogen and oxygen atoms in total. The van der Waals surface area contributed by atoms with Crippen molar-refractivity contribution < 1.29 is 12.8 Å². The lowest BCUT2D eigenvalue weighted by Gasteiger charge is -2.26. The zero-order valence-corrected chi connectivity index (χ0v) is 16.3. The highest BCUT2D eigenvalue weighted by Crippen LogP contribution is 2.40. The Morgan fingerprint density at radius 1 is 1.18 bits per heavy atom. The van der Waals surface area contributed by atoms with E-state index in [4.69, 9.17) is 4.98 Å². The van der Waals surface area contributed by atoms with Gasteiger partial charge in [-0.15, -0.1) is 0 Å². The van der Waals surface area contributed by atoms with Crippen molar-refractivity contribution in [3.8, 4) is 0 Å². The number of benzene rings is 1. The predicted molar refractivity (Wildman–Crippen MR) is 104 cm³/mol. The molecular weight excluding hydrogens is 379 g/mol. The van der Waals surface area contributed by atoms with Crippen molar-refractivity contribution in [2.24, 2.45) is 5.92 Å². The highest BCUT2D eigenvalue weighted by Gasteiger charge is 2.47. The third kappa shape index (κ3) is 3.51. The quantitative estimate of drug-likeness (QED) is 0.827. The number of anilines is 1. The van der Waals surface area contributed by atoms with Crippen molar-refractivity contribution in [1.82, 2.24) is 14.9 Å². The van der Waals surface area contributed by atoms with E-state index in [2.05, 4.69) is 15.2 Å². The zero-order valence-electron chi connectivity index (χ0n) is 15.5. The minimum absolute atomic E-state index is 0.0107. The van der Waals surface area contributed by atoms with Crippen LogP contribution in [0.5, 0.6) is 0 Å². The van der Waals surface area contributed by atoms with Crippen LogP contribution in [0.2, 0.25) is 0 Å². The summed E-state index contributed by atoms with van der Waals surface area (Å²) in [6.45, 7) is 2.60. The zero-order chi connectivity index (χ0) is 19.3. The van der Waals surface area contributed by atoms with Crippen LogP contribution in [0.25, 0.3) is 0 Å². The number of aromatic nitrogens is 2. The Hall–Kier alpha value is -2.06. The molecule has 0 bridgehead atoms. The number of sulfone groups is 1. The van der Waals surface area contributed by atoms with E-state index in [1.807, 2.05) is 0 Å². The van der Waals surface area contributed by atoms with Crippen LogP contribution in [0, 0.1) is 11.7 Å². The number of hydrogen-bond acceptors (Lipinski definition) is 6. The summed E-state index contributed by atoms with van der Waals surface area (Å²) in [5.41, 5.74) is 2.57. The second kappa shape index (κ2) is 6.77. The standard InChI is InChI=1S/C20H23FN4O2S/c21-16-5-3-14(4-6-16)9-25-10-17-18(11-25)28(26,27)12-15-8-23-20(24-19(15)17)22-7-13-1-2-13/h3-6,8,13,17-18H,1-2,7,9-12H2,(H,22,23,24)/t17-,18+/m0/s1. The summed E-state index contributed by atoms with van der Waals surface area (Å²) < 4.78 is 38.8. The molecule has 2 atom stereocenters. The summed E-state index contributed by atoms with van der Waals surface area (Å²) in [7, 11) is -3.24. The lowest BCUT2D eigenvalue weighted by molar-refractivity contribution is 0.326. The van der Waals surface area contributed by atoms with E-state index in [1.165, 1.54) is 25.0 Å². The van der Waals surface area contributed by atoms with Gasteiger partial charge in [0.05, 0.1) is 16.7 Å². The number of nitrogens with one attached hydrogen (secondary N) is 1. The third-order valence-electron chi connectivity index (χ3n) is 5.97. The van der Waals surface area contributed by atoms with Gasteiger partial charge in [0.1, 0.15) is 5.82 Å². The number of halogens is 1. The first-order valence-electron chi connectivity index (χ1n) is 9.76. The fourth-order valence-corrected chi connectivity index (χ4v) is 6.30. The summed E-state index contributed by atoms with van der Waals surface area (Å²) >= 11 is 0. The van der Waals surface area contributed by atoms with E-state index in [9.17, 15) is 12.8 Å². The fraction of sp³-hybridized carbons (Fsp3) is 0.500. The molecule has 1 aromatic heterocycles. The van der Waals surface area contributed by atoms with E-state index in [0.717, 1.165) is 23.4 Å². The average Bonchev–Trinajstić information content (AvgIpc) is 3.39. The normalized spacial score (nSPS) is 25.9. The minimum Gasteiger partial charge on any atom is -0.354 e. The van der Waals surface area contributed by atoms with Gasteiger partial charge in [-0.05, 0) is 36.5 Å². The molecule has 1 N–H and O–H groups in total. The summed E-state index contributed by atoms with van der Waals surface area (Å²) in [6.07, 6.45) is 4.17. The van der Waals surface area contributed by atoms with Gasteiger partial charge in [-0.1, -0.05) is 12.1 Å². The van der Waals surface area contributed by atoms with Crippen molar-refractivity contribution in [2.45, 2.75) is 36.3 Å². The molecule has 3 aliphatic rings. The molecule has 1 saturated heterocycles. The van der Waals surface area contributed by atoms with Crippen LogP contribution in [-0.4, -0.2) is 48.2 Å². The molecule has 0 radical (unpaired) electrons. The lowest BCUT2D eigenvalue weighted by Crippen LogP contribution is -2.35. The predicted octanol–water partition coefficient (Wildman–Crippen LogP) is 2.33. The molecule has 0 unspecified atom stereocenters. The SMILES string of the molecule is O=S1(=O)Cc2cnc(NCC3CC3)nc2[C@H]2CN(Cc3ccc(F)cc3)C[C@H]21. The molecule has 1 aliphatic carbocycles. The highest BCUT2D eigenvalue weighted by molar-refractivity contribution is 7.91. The van der Waals surface area contributed by atoms with Gasteiger partial charge in [-0.3, -0.25) is 4.90 Å². The van der Waals surface area contributed by atoms with Gasteiger partial charge in [-0.25, -0.2) is 22.8 Å². The van der Waals surface area contributed by atoms with Crippen molar-refractivity contribution >= 4 is 15.8 Å². The molecule has 8 heteroatoms. The molecule has 0 amide bonds. The molecule has 2 fully saturated rings. The van der Waals surface area contributed by atoms with Crippen LogP contribution < -0.4 is 5.32 Å². The van der Waals surface area contributed by atoms with Crippen molar-refractivity contribution in [2.75, 3.05) is 25.0 Å². The van der Waals surface area contributed by atoms with Gasteiger partial charge in [0, 0.05) is 43.9 Å². The second-order valence-electron chi connectivity index (χ2n) is 8.20. The van der Waals surface area contributed by atoms with Crippen molar-refractivity contribution in [3.05, 3.63) is 53.1 Å². The second-order valence-corrected chi connectivity index (χ2v) is 10.4. The van der Waals surface area contributed by atoms with E-state index in [-0.39, 0.29) is 17.5 Å². The van der Waals surface area contributed by atoms with Crippen molar-refractivity contribution in [3.63, 3.8) is 0 Å². The Morgan fingerprint density at radius 2 is 1.96 bits per heavy atom. The molecule has 28 heavy (non-hydrogen) atoms. The maximum Gasteiger partial charge on any atom is 0.222 e. The molecule has 0 spiro atoms. The maximum absolute atomic E-state index is 13.2. The largest absolute Gasteiger partial charge is 0.354 e. The van der Waals surface area contributed by atoms with E-state index in [1.54, 1.807) is 18.3 Å². The molecule has 2 aromatic rings. The van der Waals surface area contributed by atoms with Gasteiger partial charge in [0.2, 0.25) is 5.95 Å². The third-order valence-corrected chi connectivity index (χ3v) is 8.09. The van der Waals surface area contributed by atoms with Crippen LogP contribution in [0.1, 0.15) is 35.6 Å². The van der Waals surface area contributed by atoms with Crippen LogP contribution in [0.3, 0.4) is 0 Å². The molecule has 3 heterocycles. The number of rotatable bonds is 5. The summed E-state index contributed by atoms with van der Waals surface area (Å²) in [5, 5.41) is 2.85. The number of fused-ring (bicyclic) bond motifs is 3. The first-order valence-corrected chi connectivity index (χ1v) is 11.5. The average molecular weight is 402 g/mol. The summed E-state index contributed by atoms with van der Waals surface area (Å²) in [4.78, 5) is 11.2. The first kappa shape index (κ1) is 18.0.